The van der Waals surface area contributed by atoms with Crippen LogP contribution in [0.4, 0.5) is 4.79 Å². The SMILES string of the molecule is C=CC(=O)ONC(=O)OCC.O.[Ca+2].[H-].[H-]. The van der Waals surface area contributed by atoms with Gasteiger partial charge in [0.15, 0.2) is 0 Å². The molecule has 74 valence electrons. The summed E-state index contributed by atoms with van der Waals surface area (Å²) in [6, 6.07) is 0. The van der Waals surface area contributed by atoms with Crippen molar-refractivity contribution in [3.05, 3.63) is 12.7 Å². The number of rotatable bonds is 2. The van der Waals surface area contributed by atoms with Crippen LogP contribution in [0.25, 0.3) is 0 Å². The van der Waals surface area contributed by atoms with Gasteiger partial charge in [-0.15, -0.1) is 5.48 Å². The normalized spacial score (nSPS) is 6.85. The summed E-state index contributed by atoms with van der Waals surface area (Å²) in [4.78, 5) is 24.9. The monoisotopic (exact) mass is 219 g/mol. The minimum atomic E-state index is -0.803. The van der Waals surface area contributed by atoms with Gasteiger partial charge in [-0.1, -0.05) is 6.58 Å². The standard InChI is InChI=1S/C6H9NO4.Ca.H2O.2H/c1-3-5(8)11-7-6(9)10-4-2;;;;/h3H,1,4H2,2H3,(H,7,9);;1H2;;/q;+2;;2*-1. The second-order valence-corrected chi connectivity index (χ2v) is 1.45. The van der Waals surface area contributed by atoms with Gasteiger partial charge in [0.05, 0.1) is 6.61 Å². The molecule has 3 N–H and O–H groups in total. The van der Waals surface area contributed by atoms with E-state index in [4.69, 9.17) is 0 Å². The van der Waals surface area contributed by atoms with Crippen LogP contribution in [0.2, 0.25) is 0 Å². The van der Waals surface area contributed by atoms with Crippen LogP contribution in [-0.2, 0) is 14.4 Å². The molecule has 0 aliphatic carbocycles. The zero-order valence-electron chi connectivity index (χ0n) is 9.33. The maximum Gasteiger partial charge on any atom is 2.00 e. The average molecular weight is 219 g/mol. The van der Waals surface area contributed by atoms with E-state index in [1.165, 1.54) is 0 Å². The summed E-state index contributed by atoms with van der Waals surface area (Å²) in [5, 5.41) is 0. The van der Waals surface area contributed by atoms with E-state index in [1.807, 2.05) is 0 Å². The van der Waals surface area contributed by atoms with Gasteiger partial charge in [0.2, 0.25) is 0 Å². The molecule has 6 nitrogen and oxygen atoms in total. The number of nitrogens with one attached hydrogen (secondary N) is 1. The molecule has 0 bridgehead atoms. The molecule has 0 aliphatic rings. The molecular weight excluding hydrogens is 206 g/mol. The molecule has 0 aliphatic heterocycles. The van der Waals surface area contributed by atoms with Gasteiger partial charge in [-0.3, -0.25) is 0 Å². The molecular formula is C6H13CaNO5. The molecule has 0 saturated carbocycles. The third-order valence-electron chi connectivity index (χ3n) is 0.677. The van der Waals surface area contributed by atoms with E-state index in [0.717, 1.165) is 6.08 Å². The van der Waals surface area contributed by atoms with Gasteiger partial charge in [-0.2, -0.15) is 0 Å². The zero-order chi connectivity index (χ0) is 8.69. The fourth-order valence-corrected chi connectivity index (χ4v) is 0.294. The van der Waals surface area contributed by atoms with Crippen LogP contribution in [0.5, 0.6) is 0 Å². The van der Waals surface area contributed by atoms with Crippen molar-refractivity contribution in [3.63, 3.8) is 0 Å². The third-order valence-corrected chi connectivity index (χ3v) is 0.677. The van der Waals surface area contributed by atoms with Gasteiger partial charge in [0.1, 0.15) is 0 Å². The number of carbonyl (C=O) groups is 2. The van der Waals surface area contributed by atoms with Gasteiger partial charge in [-0.25, -0.2) is 9.59 Å². The predicted octanol–water partition coefficient (Wildman–Crippen LogP) is -0.604. The van der Waals surface area contributed by atoms with Crippen molar-refractivity contribution in [2.75, 3.05) is 6.61 Å². The van der Waals surface area contributed by atoms with Crippen molar-refractivity contribution in [1.82, 2.24) is 5.48 Å². The Morgan fingerprint density at radius 1 is 1.62 bits per heavy atom. The minimum absolute atomic E-state index is 0. The fourth-order valence-electron chi connectivity index (χ4n) is 0.294. The molecule has 0 saturated heterocycles. The Balaban J connectivity index is -0.0000000833. The van der Waals surface area contributed by atoms with Crippen molar-refractivity contribution in [1.29, 1.82) is 0 Å². The summed E-state index contributed by atoms with van der Waals surface area (Å²) in [6.07, 6.45) is 0.120. The first-order chi connectivity index (χ1) is 5.20. The van der Waals surface area contributed by atoms with Crippen LogP contribution < -0.4 is 5.48 Å². The number of ether oxygens (including phenoxy) is 1. The molecule has 0 unspecified atom stereocenters. The van der Waals surface area contributed by atoms with Crippen molar-refractivity contribution >= 4 is 49.8 Å². The Kier molecular flexibility index (Phi) is 16.6. The largest absolute Gasteiger partial charge is 2.00 e. The fraction of sp³-hybridized carbons (Fsp3) is 0.333. The second kappa shape index (κ2) is 11.7. The van der Waals surface area contributed by atoms with E-state index >= 15 is 0 Å². The molecule has 0 spiro atoms. The van der Waals surface area contributed by atoms with Crippen LogP contribution in [-0.4, -0.2) is 61.9 Å². The Morgan fingerprint density at radius 3 is 2.54 bits per heavy atom. The number of amides is 1. The van der Waals surface area contributed by atoms with Gasteiger partial charge in [0, 0.05) is 6.08 Å². The first kappa shape index (κ1) is 18.5. The van der Waals surface area contributed by atoms with Gasteiger partial charge in [-0.05, 0) is 6.92 Å². The summed E-state index contributed by atoms with van der Waals surface area (Å²) in [5.74, 6) is -0.738. The Hall–Kier alpha value is -0.300. The van der Waals surface area contributed by atoms with Gasteiger partial charge < -0.3 is 17.9 Å². The molecule has 13 heavy (non-hydrogen) atoms. The quantitative estimate of drug-likeness (QED) is 0.381. The van der Waals surface area contributed by atoms with E-state index < -0.39 is 12.1 Å². The molecule has 7 heteroatoms. The smallest absolute Gasteiger partial charge is 1.00 e. The van der Waals surface area contributed by atoms with Crippen LogP contribution in [0, 0.1) is 0 Å². The van der Waals surface area contributed by atoms with Gasteiger partial charge >= 0.3 is 49.8 Å². The zero-order valence-corrected chi connectivity index (χ0v) is 9.54. The molecule has 0 radical (unpaired) electrons. The summed E-state index contributed by atoms with van der Waals surface area (Å²) in [6.45, 7) is 4.97. The van der Waals surface area contributed by atoms with Crippen LogP contribution in [0.3, 0.4) is 0 Å². The van der Waals surface area contributed by atoms with E-state index in [2.05, 4.69) is 16.2 Å². The molecule has 0 aromatic carbocycles. The number of hydroxylamine groups is 1. The first-order valence-corrected chi connectivity index (χ1v) is 2.96. The number of hydrogen-bond donors (Lipinski definition) is 1. The Bertz CT molecular complexity index is 181. The van der Waals surface area contributed by atoms with Crippen LogP contribution in [0.1, 0.15) is 9.78 Å². The maximum absolute atomic E-state index is 10.4. The summed E-state index contributed by atoms with van der Waals surface area (Å²) in [7, 11) is 0. The summed E-state index contributed by atoms with van der Waals surface area (Å²) in [5.41, 5.74) is 1.75. The molecule has 0 aromatic heterocycles. The van der Waals surface area contributed by atoms with Crippen LogP contribution >= 0.6 is 0 Å². The Labute approximate surface area is 108 Å². The summed E-state index contributed by atoms with van der Waals surface area (Å²) >= 11 is 0. The molecule has 0 heterocycles. The van der Waals surface area contributed by atoms with E-state index in [0.29, 0.717) is 0 Å². The maximum atomic E-state index is 10.4. The van der Waals surface area contributed by atoms with E-state index in [1.54, 1.807) is 12.4 Å². The molecule has 0 atom stereocenters. The Morgan fingerprint density at radius 2 is 2.15 bits per heavy atom. The summed E-state index contributed by atoms with van der Waals surface area (Å²) < 4.78 is 4.38. The van der Waals surface area contributed by atoms with E-state index in [-0.39, 0.29) is 52.7 Å². The van der Waals surface area contributed by atoms with Gasteiger partial charge in [0.25, 0.3) is 0 Å². The molecule has 0 fully saturated rings. The minimum Gasteiger partial charge on any atom is -1.00 e. The topological polar surface area (TPSA) is 96.1 Å². The molecule has 0 aromatic rings. The molecule has 1 amide bonds. The van der Waals surface area contributed by atoms with Crippen molar-refractivity contribution in [2.45, 2.75) is 6.92 Å². The second-order valence-electron chi connectivity index (χ2n) is 1.45. The number of hydrogen-bond acceptors (Lipinski definition) is 4. The van der Waals surface area contributed by atoms with Crippen molar-refractivity contribution in [3.8, 4) is 0 Å². The first-order valence-electron chi connectivity index (χ1n) is 2.96. The number of carbonyl (C=O) groups excluding carboxylic acids is 2. The average Bonchev–Trinajstić information content (AvgIpc) is 2.01. The van der Waals surface area contributed by atoms with Crippen molar-refractivity contribution < 1.29 is 27.5 Å². The third kappa shape index (κ3) is 11.7. The molecule has 0 rings (SSSR count). The van der Waals surface area contributed by atoms with Crippen LogP contribution in [0.15, 0.2) is 12.7 Å². The predicted molar refractivity (Wildman–Crippen MR) is 48.0 cm³/mol. The van der Waals surface area contributed by atoms with E-state index in [9.17, 15) is 9.59 Å². The van der Waals surface area contributed by atoms with Crippen molar-refractivity contribution in [2.24, 2.45) is 0 Å².